The molecule has 28 heavy (non-hydrogen) atoms. The van der Waals surface area contributed by atoms with Crippen molar-refractivity contribution in [1.29, 1.82) is 0 Å². The van der Waals surface area contributed by atoms with Crippen LogP contribution in [0.4, 0.5) is 0 Å². The van der Waals surface area contributed by atoms with Crippen molar-refractivity contribution in [2.24, 2.45) is 13.0 Å². The number of pyridine rings is 1. The molecule has 0 fully saturated rings. The zero-order valence-corrected chi connectivity index (χ0v) is 17.2. The summed E-state index contributed by atoms with van der Waals surface area (Å²) >= 11 is 0. The highest BCUT2D eigenvalue weighted by Gasteiger charge is 2.25. The highest BCUT2D eigenvalue weighted by molar-refractivity contribution is 6.07. The Bertz CT molecular complexity index is 1050. The minimum absolute atomic E-state index is 0.0168. The fraction of sp³-hybridized carbons (Fsp3) is 0.435. The lowest BCUT2D eigenvalue weighted by atomic mass is 9.84. The van der Waals surface area contributed by atoms with E-state index in [0.29, 0.717) is 12.5 Å². The molecule has 0 saturated heterocycles. The van der Waals surface area contributed by atoms with Crippen molar-refractivity contribution in [2.75, 3.05) is 6.54 Å². The van der Waals surface area contributed by atoms with E-state index >= 15 is 0 Å². The Hall–Kier alpha value is -2.69. The van der Waals surface area contributed by atoms with Crippen molar-refractivity contribution < 1.29 is 4.79 Å². The van der Waals surface area contributed by atoms with E-state index in [1.807, 2.05) is 42.9 Å². The molecule has 1 N–H and O–H groups in total. The molecule has 5 heteroatoms. The van der Waals surface area contributed by atoms with Gasteiger partial charge < -0.3 is 5.32 Å². The predicted octanol–water partition coefficient (Wildman–Crippen LogP) is 3.68. The number of nitrogens with zero attached hydrogens (tertiary/aromatic N) is 3. The maximum Gasteiger partial charge on any atom is 0.252 e. The second kappa shape index (κ2) is 7.38. The van der Waals surface area contributed by atoms with Gasteiger partial charge in [-0.3, -0.25) is 14.5 Å². The van der Waals surface area contributed by atoms with Gasteiger partial charge in [-0.1, -0.05) is 25.1 Å². The second-order valence-electron chi connectivity index (χ2n) is 8.06. The first-order valence-corrected chi connectivity index (χ1v) is 10.1. The molecule has 0 unspecified atom stereocenters. The van der Waals surface area contributed by atoms with Gasteiger partial charge in [0.25, 0.3) is 5.91 Å². The molecule has 3 aromatic rings. The van der Waals surface area contributed by atoms with Gasteiger partial charge in [0.1, 0.15) is 0 Å². The third-order valence-electron chi connectivity index (χ3n) is 6.05. The number of carbonyl (C=O) groups is 1. The maximum atomic E-state index is 13.2. The minimum atomic E-state index is 0.0168. The summed E-state index contributed by atoms with van der Waals surface area (Å²) in [5, 5.41) is 8.59. The molecule has 0 bridgehead atoms. The maximum absolute atomic E-state index is 13.2. The molecule has 0 spiro atoms. The van der Waals surface area contributed by atoms with Gasteiger partial charge in [0.05, 0.1) is 16.8 Å². The number of rotatable bonds is 4. The number of hydrogen-bond donors (Lipinski definition) is 1. The zero-order valence-electron chi connectivity index (χ0n) is 17.2. The Labute approximate surface area is 166 Å². The van der Waals surface area contributed by atoms with E-state index in [-0.39, 0.29) is 5.91 Å². The molecule has 1 aromatic carbocycles. The Morgan fingerprint density at radius 1 is 1.29 bits per heavy atom. The number of amides is 1. The summed E-state index contributed by atoms with van der Waals surface area (Å²) in [5.74, 6) is 0.603. The van der Waals surface area contributed by atoms with Gasteiger partial charge in [-0.15, -0.1) is 0 Å². The molecule has 2 aromatic heterocycles. The number of para-hydroxylation sites is 1. The number of fused-ring (bicyclic) bond motifs is 2. The largest absolute Gasteiger partial charge is 0.352 e. The van der Waals surface area contributed by atoms with Gasteiger partial charge in [-0.05, 0) is 62.6 Å². The summed E-state index contributed by atoms with van der Waals surface area (Å²) < 4.78 is 1.90. The van der Waals surface area contributed by atoms with Gasteiger partial charge in [0, 0.05) is 30.4 Å². The Morgan fingerprint density at radius 2 is 2.07 bits per heavy atom. The lowest BCUT2D eigenvalue weighted by molar-refractivity contribution is 0.0954. The molecule has 1 amide bonds. The van der Waals surface area contributed by atoms with Crippen LogP contribution in [0.15, 0.2) is 24.3 Å². The summed E-state index contributed by atoms with van der Waals surface area (Å²) in [7, 11) is 1.96. The number of hydrogen-bond acceptors (Lipinski definition) is 3. The lowest BCUT2D eigenvalue weighted by Gasteiger charge is -2.24. The van der Waals surface area contributed by atoms with Gasteiger partial charge in [0.15, 0.2) is 0 Å². The number of aromatic nitrogens is 3. The quantitative estimate of drug-likeness (QED) is 0.756. The van der Waals surface area contributed by atoms with Crippen LogP contribution >= 0.6 is 0 Å². The monoisotopic (exact) mass is 376 g/mol. The summed E-state index contributed by atoms with van der Waals surface area (Å²) in [5.41, 5.74) is 7.40. The molecule has 5 nitrogen and oxygen atoms in total. The molecule has 4 rings (SSSR count). The van der Waals surface area contributed by atoms with E-state index in [9.17, 15) is 4.79 Å². The van der Waals surface area contributed by atoms with Crippen molar-refractivity contribution in [3.05, 3.63) is 58.0 Å². The van der Waals surface area contributed by atoms with Crippen LogP contribution in [-0.2, 0) is 26.3 Å². The first-order chi connectivity index (χ1) is 13.5. The Kier molecular flexibility index (Phi) is 4.92. The molecule has 2 heterocycles. The lowest BCUT2D eigenvalue weighted by Crippen LogP contribution is -2.29. The van der Waals surface area contributed by atoms with Gasteiger partial charge >= 0.3 is 0 Å². The van der Waals surface area contributed by atoms with E-state index in [0.717, 1.165) is 64.8 Å². The number of carbonyl (C=O) groups excluding carboxylic acids is 1. The number of aryl methyl sites for hydroxylation is 3. The third kappa shape index (κ3) is 3.30. The van der Waals surface area contributed by atoms with Crippen molar-refractivity contribution in [3.8, 4) is 0 Å². The summed E-state index contributed by atoms with van der Waals surface area (Å²) in [6.07, 6.45) is 3.81. The van der Waals surface area contributed by atoms with E-state index in [2.05, 4.69) is 24.3 Å². The van der Waals surface area contributed by atoms with E-state index < -0.39 is 0 Å². The van der Waals surface area contributed by atoms with Crippen LogP contribution in [0.25, 0.3) is 10.9 Å². The Balaban J connectivity index is 1.62. The Morgan fingerprint density at radius 3 is 2.82 bits per heavy atom. The van der Waals surface area contributed by atoms with Gasteiger partial charge in [-0.25, -0.2) is 0 Å². The smallest absolute Gasteiger partial charge is 0.252 e. The third-order valence-corrected chi connectivity index (χ3v) is 6.05. The SMILES string of the molecule is Cc1nn(C)c(C)c1CCNC(=O)c1c2c(nc3ccccc13)CC[C@@H](C)C2. The van der Waals surface area contributed by atoms with Crippen LogP contribution in [0.2, 0.25) is 0 Å². The highest BCUT2D eigenvalue weighted by atomic mass is 16.1. The summed E-state index contributed by atoms with van der Waals surface area (Å²) in [6, 6.07) is 8.00. The molecule has 0 aliphatic heterocycles. The molecular weight excluding hydrogens is 348 g/mol. The van der Waals surface area contributed by atoms with E-state index in [4.69, 9.17) is 4.98 Å². The first kappa shape index (κ1) is 18.7. The minimum Gasteiger partial charge on any atom is -0.352 e. The molecule has 1 aliphatic rings. The van der Waals surface area contributed by atoms with Crippen LogP contribution in [0.5, 0.6) is 0 Å². The average molecular weight is 377 g/mol. The molecule has 146 valence electrons. The molecule has 0 radical (unpaired) electrons. The summed E-state index contributed by atoms with van der Waals surface area (Å²) in [4.78, 5) is 18.1. The van der Waals surface area contributed by atoms with Crippen molar-refractivity contribution in [3.63, 3.8) is 0 Å². The molecule has 0 saturated carbocycles. The van der Waals surface area contributed by atoms with Crippen LogP contribution in [-0.4, -0.2) is 27.2 Å². The van der Waals surface area contributed by atoms with E-state index in [1.54, 1.807) is 0 Å². The molecule has 1 aliphatic carbocycles. The fourth-order valence-corrected chi connectivity index (χ4v) is 4.39. The second-order valence-corrected chi connectivity index (χ2v) is 8.06. The van der Waals surface area contributed by atoms with Crippen molar-refractivity contribution >= 4 is 16.8 Å². The van der Waals surface area contributed by atoms with Crippen molar-refractivity contribution in [1.82, 2.24) is 20.1 Å². The topological polar surface area (TPSA) is 59.8 Å². The highest BCUT2D eigenvalue weighted by Crippen LogP contribution is 2.31. The first-order valence-electron chi connectivity index (χ1n) is 10.1. The van der Waals surface area contributed by atoms with Crippen LogP contribution in [0.3, 0.4) is 0 Å². The standard InChI is InChI=1S/C23H28N4O/c1-14-9-10-21-19(13-14)22(18-7-5-6-8-20(18)25-21)23(28)24-12-11-17-15(2)26-27(4)16(17)3/h5-8,14H,9-13H2,1-4H3,(H,24,28)/t14-/m1/s1. The average Bonchev–Trinajstić information content (AvgIpc) is 2.92. The number of benzene rings is 1. The van der Waals surface area contributed by atoms with Crippen LogP contribution in [0, 0.1) is 19.8 Å². The fourth-order valence-electron chi connectivity index (χ4n) is 4.39. The van der Waals surface area contributed by atoms with E-state index in [1.165, 1.54) is 5.56 Å². The normalized spacial score (nSPS) is 16.2. The molecular formula is C23H28N4O. The van der Waals surface area contributed by atoms with Crippen LogP contribution < -0.4 is 5.32 Å². The summed E-state index contributed by atoms with van der Waals surface area (Å²) in [6.45, 7) is 6.96. The van der Waals surface area contributed by atoms with Crippen molar-refractivity contribution in [2.45, 2.75) is 46.5 Å². The predicted molar refractivity (Wildman–Crippen MR) is 112 cm³/mol. The van der Waals surface area contributed by atoms with Crippen LogP contribution in [0.1, 0.15) is 51.9 Å². The van der Waals surface area contributed by atoms with Gasteiger partial charge in [-0.2, -0.15) is 5.10 Å². The van der Waals surface area contributed by atoms with Gasteiger partial charge in [0.2, 0.25) is 0 Å². The number of nitrogens with one attached hydrogen (secondary N) is 1. The zero-order chi connectivity index (χ0) is 19.8. The molecule has 1 atom stereocenters.